The molecule has 300 valence electrons. The lowest BCUT2D eigenvalue weighted by atomic mass is 10.0. The molecule has 0 saturated heterocycles. The van der Waals surface area contributed by atoms with Crippen molar-refractivity contribution in [1.82, 2.24) is 26.6 Å². The van der Waals surface area contributed by atoms with Crippen LogP contribution in [0.4, 0.5) is 0 Å². The first kappa shape index (κ1) is 43.4. The molecule has 0 aromatic heterocycles. The minimum Gasteiger partial charge on any atom is -0.481 e. The molecule has 0 unspecified atom stereocenters. The van der Waals surface area contributed by atoms with Crippen LogP contribution in [-0.2, 0) is 30.4 Å². The van der Waals surface area contributed by atoms with Crippen LogP contribution in [0.5, 0.6) is 0 Å². The van der Waals surface area contributed by atoms with E-state index in [1.165, 1.54) is 13.8 Å². The van der Waals surface area contributed by atoms with Gasteiger partial charge in [0.2, 0.25) is 17.7 Å². The van der Waals surface area contributed by atoms with Crippen molar-refractivity contribution >= 4 is 65.8 Å². The fraction of sp³-hybridized carbons (Fsp3) is 0.205. The number of hydrogen-bond donors (Lipinski definition) is 7. The van der Waals surface area contributed by atoms with Gasteiger partial charge in [-0.2, -0.15) is 0 Å². The predicted octanol–water partition coefficient (Wildman–Crippen LogP) is 3.78. The molecule has 0 radical (unpaired) electrons. The third-order valence-electron chi connectivity index (χ3n) is 8.85. The summed E-state index contributed by atoms with van der Waals surface area (Å²) in [6, 6.07) is 25.3. The van der Waals surface area contributed by atoms with Gasteiger partial charge >= 0.3 is 11.9 Å². The van der Waals surface area contributed by atoms with Crippen LogP contribution in [0.15, 0.2) is 103 Å². The summed E-state index contributed by atoms with van der Waals surface area (Å²) in [6.07, 6.45) is 6.86. The van der Waals surface area contributed by atoms with Crippen LogP contribution in [0, 0.1) is 0 Å². The van der Waals surface area contributed by atoms with Crippen molar-refractivity contribution in [2.45, 2.75) is 50.9 Å². The van der Waals surface area contributed by atoms with Crippen LogP contribution < -0.4 is 26.6 Å². The Labute approximate surface area is 335 Å². The number of benzene rings is 4. The van der Waals surface area contributed by atoms with Crippen molar-refractivity contribution in [1.29, 1.82) is 0 Å². The van der Waals surface area contributed by atoms with E-state index in [1.54, 1.807) is 73.8 Å². The second-order valence-corrected chi connectivity index (χ2v) is 13.3. The number of carbonyl (C=O) groups excluding carboxylic acids is 5. The summed E-state index contributed by atoms with van der Waals surface area (Å²) in [6.45, 7) is 2.82. The average Bonchev–Trinajstić information content (AvgIpc) is 3.22. The number of aliphatic carboxylic acids is 2. The summed E-state index contributed by atoms with van der Waals surface area (Å²) in [5, 5.41) is 30.8. The topological polar surface area (TPSA) is 220 Å². The van der Waals surface area contributed by atoms with E-state index in [2.05, 4.69) is 26.6 Å². The Morgan fingerprint density at radius 1 is 0.517 bits per heavy atom. The summed E-state index contributed by atoms with van der Waals surface area (Å²) in [5.41, 5.74) is 5.30. The third-order valence-corrected chi connectivity index (χ3v) is 8.85. The SMILES string of the molecule is CNC(=O)c1ccc(/C=C/c2ccc(/C=C/c3ccc(C(=O)N[C@@H](C)C(=O)N[C@@H](C)C(=O)N[C@@H](Cc4ccccc4)C(=O)N[C@@H](CC(=O)O)C(=O)O)cc3)cc2)cc1. The lowest BCUT2D eigenvalue weighted by Gasteiger charge is -2.24. The smallest absolute Gasteiger partial charge is 0.326 e. The zero-order valence-corrected chi connectivity index (χ0v) is 32.1. The molecule has 0 bridgehead atoms. The molecule has 0 saturated carbocycles. The Bertz CT molecular complexity index is 2150. The maximum atomic E-state index is 13.1. The molecule has 14 nitrogen and oxygen atoms in total. The summed E-state index contributed by atoms with van der Waals surface area (Å²) in [7, 11) is 1.59. The number of amides is 5. The molecule has 7 N–H and O–H groups in total. The van der Waals surface area contributed by atoms with Gasteiger partial charge in [-0.3, -0.25) is 28.8 Å². The van der Waals surface area contributed by atoms with E-state index >= 15 is 0 Å². The Morgan fingerprint density at radius 2 is 0.931 bits per heavy atom. The highest BCUT2D eigenvalue weighted by Gasteiger charge is 2.30. The lowest BCUT2D eigenvalue weighted by molar-refractivity contribution is -0.147. The number of nitrogens with one attached hydrogen (secondary N) is 5. The summed E-state index contributed by atoms with van der Waals surface area (Å²) >= 11 is 0. The molecule has 0 fully saturated rings. The van der Waals surface area contributed by atoms with E-state index in [-0.39, 0.29) is 12.3 Å². The Hall–Kier alpha value is -7.35. The van der Waals surface area contributed by atoms with Crippen LogP contribution in [0.2, 0.25) is 0 Å². The highest BCUT2D eigenvalue weighted by Crippen LogP contribution is 2.14. The van der Waals surface area contributed by atoms with E-state index in [1.807, 2.05) is 60.7 Å². The number of carboxylic acid groups (broad SMARTS) is 2. The molecule has 4 rings (SSSR count). The summed E-state index contributed by atoms with van der Waals surface area (Å²) in [4.78, 5) is 86.5. The summed E-state index contributed by atoms with van der Waals surface area (Å²) < 4.78 is 0. The molecular weight excluding hydrogens is 743 g/mol. The summed E-state index contributed by atoms with van der Waals surface area (Å²) in [5.74, 6) is -6.02. The highest BCUT2D eigenvalue weighted by atomic mass is 16.4. The molecule has 14 heteroatoms. The molecule has 0 heterocycles. The first-order chi connectivity index (χ1) is 27.7. The van der Waals surface area contributed by atoms with E-state index < -0.39 is 66.2 Å². The zero-order chi connectivity index (χ0) is 42.2. The van der Waals surface area contributed by atoms with Gasteiger partial charge < -0.3 is 36.8 Å². The monoisotopic (exact) mass is 787 g/mol. The molecule has 0 aliphatic carbocycles. The van der Waals surface area contributed by atoms with Crippen molar-refractivity contribution in [2.75, 3.05) is 7.05 Å². The van der Waals surface area contributed by atoms with Crippen molar-refractivity contribution in [3.05, 3.63) is 142 Å². The first-order valence-electron chi connectivity index (χ1n) is 18.3. The second-order valence-electron chi connectivity index (χ2n) is 13.3. The standard InChI is InChI=1S/C44H45N5O9/c1-27(39(52)46-28(2)40(53)48-36(25-33-7-5-4-6-8-33)43(56)49-37(44(57)58)26-38(50)51)47-42(55)35-23-19-32(20-24-35)16-14-30-11-9-29(10-12-30)13-15-31-17-21-34(22-18-31)41(54)45-3/h4-24,27-28,36-37H,25-26H2,1-3H3,(H,45,54)(H,46,52)(H,47,55)(H,48,53)(H,49,56)(H,50,51)(H,57,58)/b15-13+,16-14+/t27-,28-,36-,37-/m0/s1. The third kappa shape index (κ3) is 13.4. The molecule has 0 spiro atoms. The van der Waals surface area contributed by atoms with Crippen molar-refractivity contribution < 1.29 is 43.8 Å². The largest absolute Gasteiger partial charge is 0.481 e. The predicted molar refractivity (Wildman–Crippen MR) is 219 cm³/mol. The van der Waals surface area contributed by atoms with Crippen LogP contribution in [-0.4, -0.2) is 82.9 Å². The number of hydrogen-bond acceptors (Lipinski definition) is 7. The van der Waals surface area contributed by atoms with Crippen LogP contribution in [0.1, 0.15) is 68.8 Å². The van der Waals surface area contributed by atoms with Gasteiger partial charge in [0.05, 0.1) is 6.42 Å². The second kappa shape index (κ2) is 21.1. The molecule has 0 aliphatic rings. The van der Waals surface area contributed by atoms with Crippen LogP contribution in [0.3, 0.4) is 0 Å². The fourth-order valence-electron chi connectivity index (χ4n) is 5.49. The van der Waals surface area contributed by atoms with E-state index in [9.17, 15) is 38.7 Å². The highest BCUT2D eigenvalue weighted by molar-refractivity contribution is 5.99. The van der Waals surface area contributed by atoms with Gasteiger partial charge in [0.25, 0.3) is 11.8 Å². The van der Waals surface area contributed by atoms with Gasteiger partial charge in [-0.25, -0.2) is 4.79 Å². The average molecular weight is 788 g/mol. The number of carbonyl (C=O) groups is 7. The number of rotatable bonds is 18. The lowest BCUT2D eigenvalue weighted by Crippen LogP contribution is -2.57. The van der Waals surface area contributed by atoms with Gasteiger partial charge in [0, 0.05) is 24.6 Å². The van der Waals surface area contributed by atoms with Crippen molar-refractivity contribution in [2.24, 2.45) is 0 Å². The Balaban J connectivity index is 1.28. The van der Waals surface area contributed by atoms with E-state index in [0.717, 1.165) is 22.3 Å². The first-order valence-corrected chi connectivity index (χ1v) is 18.3. The van der Waals surface area contributed by atoms with Gasteiger partial charge in [-0.15, -0.1) is 0 Å². The van der Waals surface area contributed by atoms with Crippen molar-refractivity contribution in [3.63, 3.8) is 0 Å². The molecule has 4 aromatic carbocycles. The molecule has 4 aromatic rings. The molecule has 58 heavy (non-hydrogen) atoms. The van der Waals surface area contributed by atoms with E-state index in [4.69, 9.17) is 5.11 Å². The minimum absolute atomic E-state index is 0.0503. The quantitative estimate of drug-likeness (QED) is 0.0729. The molecular formula is C44H45N5O9. The Morgan fingerprint density at radius 3 is 1.38 bits per heavy atom. The van der Waals surface area contributed by atoms with Crippen molar-refractivity contribution in [3.8, 4) is 0 Å². The normalized spacial score (nSPS) is 13.1. The maximum Gasteiger partial charge on any atom is 0.326 e. The van der Waals surface area contributed by atoms with E-state index in [0.29, 0.717) is 16.7 Å². The van der Waals surface area contributed by atoms with Crippen LogP contribution >= 0.6 is 0 Å². The number of carboxylic acids is 2. The molecule has 0 aliphatic heterocycles. The minimum atomic E-state index is -1.73. The Kier molecular flexibility index (Phi) is 15.8. The molecule has 5 amide bonds. The van der Waals surface area contributed by atoms with Crippen LogP contribution in [0.25, 0.3) is 24.3 Å². The van der Waals surface area contributed by atoms with Gasteiger partial charge in [-0.05, 0) is 65.9 Å². The fourth-order valence-corrected chi connectivity index (χ4v) is 5.49. The maximum absolute atomic E-state index is 13.1. The van der Waals surface area contributed by atoms with Gasteiger partial charge in [0.15, 0.2) is 0 Å². The zero-order valence-electron chi connectivity index (χ0n) is 32.1. The molecule has 4 atom stereocenters. The van der Waals surface area contributed by atoms with Gasteiger partial charge in [-0.1, -0.05) is 103 Å². The van der Waals surface area contributed by atoms with Gasteiger partial charge in [0.1, 0.15) is 24.2 Å².